The van der Waals surface area contributed by atoms with Gasteiger partial charge < -0.3 is 5.11 Å². The number of alkyl halides is 2. The highest BCUT2D eigenvalue weighted by Gasteiger charge is 2.37. The number of aliphatic hydroxyl groups is 1. The van der Waals surface area contributed by atoms with E-state index in [0.29, 0.717) is 19.3 Å². The molecule has 3 heteroatoms. The minimum atomic E-state index is -2.51. The molecule has 0 radical (unpaired) electrons. The standard InChI is InChI=1S/C16H22F2O/c1-2-12-3-5-13(6-4-12)11-15(19)14-7-9-16(17,18)10-8-14/h3-6,14-15,19H,2,7-11H2,1H3. The van der Waals surface area contributed by atoms with Crippen molar-refractivity contribution in [2.24, 2.45) is 5.92 Å². The van der Waals surface area contributed by atoms with Crippen LogP contribution in [0.3, 0.4) is 0 Å². The molecule has 0 spiro atoms. The molecule has 0 heterocycles. The lowest BCUT2D eigenvalue weighted by molar-refractivity contribution is -0.0619. The van der Waals surface area contributed by atoms with Crippen LogP contribution in [0.4, 0.5) is 8.78 Å². The van der Waals surface area contributed by atoms with E-state index in [1.165, 1.54) is 5.56 Å². The molecule has 0 aromatic heterocycles. The summed E-state index contributed by atoms with van der Waals surface area (Å²) in [5.41, 5.74) is 2.36. The summed E-state index contributed by atoms with van der Waals surface area (Å²) in [5.74, 6) is -2.50. The fourth-order valence-electron chi connectivity index (χ4n) is 2.77. The van der Waals surface area contributed by atoms with Crippen molar-refractivity contribution in [2.75, 3.05) is 0 Å². The van der Waals surface area contributed by atoms with Crippen LogP contribution >= 0.6 is 0 Å². The molecule has 1 fully saturated rings. The van der Waals surface area contributed by atoms with Crippen LogP contribution in [0, 0.1) is 5.92 Å². The number of hydrogen-bond acceptors (Lipinski definition) is 1. The molecule has 1 unspecified atom stereocenters. The Balaban J connectivity index is 1.88. The van der Waals surface area contributed by atoms with Gasteiger partial charge >= 0.3 is 0 Å². The maximum absolute atomic E-state index is 13.1. The topological polar surface area (TPSA) is 20.2 Å². The van der Waals surface area contributed by atoms with Gasteiger partial charge in [-0.15, -0.1) is 0 Å². The van der Waals surface area contributed by atoms with Crippen molar-refractivity contribution in [2.45, 2.75) is 57.5 Å². The van der Waals surface area contributed by atoms with Crippen LogP contribution in [0.2, 0.25) is 0 Å². The van der Waals surface area contributed by atoms with E-state index in [1.54, 1.807) is 0 Å². The maximum Gasteiger partial charge on any atom is 0.248 e. The third-order valence-electron chi connectivity index (χ3n) is 4.18. The molecule has 1 aromatic carbocycles. The number of halogens is 2. The van der Waals surface area contributed by atoms with Gasteiger partial charge in [-0.2, -0.15) is 0 Å². The van der Waals surface area contributed by atoms with E-state index in [2.05, 4.69) is 19.1 Å². The first-order chi connectivity index (χ1) is 9.00. The number of aliphatic hydroxyl groups excluding tert-OH is 1. The van der Waals surface area contributed by atoms with Crippen LogP contribution in [-0.2, 0) is 12.8 Å². The number of benzene rings is 1. The van der Waals surface area contributed by atoms with E-state index in [-0.39, 0.29) is 18.8 Å². The summed E-state index contributed by atoms with van der Waals surface area (Å²) in [4.78, 5) is 0. The van der Waals surface area contributed by atoms with Crippen LogP contribution in [0.5, 0.6) is 0 Å². The molecule has 1 aromatic rings. The molecule has 1 aliphatic carbocycles. The van der Waals surface area contributed by atoms with Crippen LogP contribution in [0.25, 0.3) is 0 Å². The Hall–Kier alpha value is -0.960. The second kappa shape index (κ2) is 6.00. The highest BCUT2D eigenvalue weighted by molar-refractivity contribution is 5.23. The Labute approximate surface area is 113 Å². The van der Waals surface area contributed by atoms with Crippen LogP contribution < -0.4 is 0 Å². The first-order valence-electron chi connectivity index (χ1n) is 7.14. The zero-order chi connectivity index (χ0) is 13.9. The van der Waals surface area contributed by atoms with Crippen molar-refractivity contribution in [3.63, 3.8) is 0 Å². The number of aryl methyl sites for hydroxylation is 1. The van der Waals surface area contributed by atoms with E-state index in [1.807, 2.05) is 12.1 Å². The molecule has 1 atom stereocenters. The average molecular weight is 268 g/mol. The highest BCUT2D eigenvalue weighted by Crippen LogP contribution is 2.37. The normalized spacial score (nSPS) is 21.3. The number of rotatable bonds is 4. The van der Waals surface area contributed by atoms with Crippen molar-refractivity contribution >= 4 is 0 Å². The summed E-state index contributed by atoms with van der Waals surface area (Å²) in [6.45, 7) is 2.10. The first kappa shape index (κ1) is 14.4. The molecule has 1 N–H and O–H groups in total. The predicted molar refractivity (Wildman–Crippen MR) is 72.4 cm³/mol. The zero-order valence-electron chi connectivity index (χ0n) is 11.4. The van der Waals surface area contributed by atoms with Crippen molar-refractivity contribution < 1.29 is 13.9 Å². The van der Waals surface area contributed by atoms with Gasteiger partial charge in [-0.05, 0) is 42.7 Å². The fraction of sp³-hybridized carbons (Fsp3) is 0.625. The minimum Gasteiger partial charge on any atom is -0.392 e. The molecular weight excluding hydrogens is 246 g/mol. The van der Waals surface area contributed by atoms with Gasteiger partial charge in [0.05, 0.1) is 6.10 Å². The summed E-state index contributed by atoms with van der Waals surface area (Å²) in [5, 5.41) is 10.2. The van der Waals surface area contributed by atoms with E-state index >= 15 is 0 Å². The summed E-state index contributed by atoms with van der Waals surface area (Å²) >= 11 is 0. The van der Waals surface area contributed by atoms with E-state index < -0.39 is 12.0 Å². The molecule has 0 saturated heterocycles. The molecule has 1 saturated carbocycles. The van der Waals surface area contributed by atoms with Gasteiger partial charge in [-0.3, -0.25) is 0 Å². The van der Waals surface area contributed by atoms with Crippen LogP contribution in [-0.4, -0.2) is 17.1 Å². The molecule has 19 heavy (non-hydrogen) atoms. The second-order valence-electron chi connectivity index (χ2n) is 5.63. The van der Waals surface area contributed by atoms with Gasteiger partial charge in [-0.25, -0.2) is 8.78 Å². The van der Waals surface area contributed by atoms with E-state index in [4.69, 9.17) is 0 Å². The Morgan fingerprint density at radius 1 is 1.16 bits per heavy atom. The van der Waals surface area contributed by atoms with Gasteiger partial charge in [-0.1, -0.05) is 31.2 Å². The monoisotopic (exact) mass is 268 g/mol. The molecule has 0 aliphatic heterocycles. The zero-order valence-corrected chi connectivity index (χ0v) is 11.4. The molecule has 1 aliphatic rings. The first-order valence-corrected chi connectivity index (χ1v) is 7.14. The third kappa shape index (κ3) is 4.00. The Morgan fingerprint density at radius 3 is 2.21 bits per heavy atom. The molecule has 106 valence electrons. The van der Waals surface area contributed by atoms with E-state index in [9.17, 15) is 13.9 Å². The summed E-state index contributed by atoms with van der Waals surface area (Å²) in [6, 6.07) is 8.19. The Bertz CT molecular complexity index is 390. The van der Waals surface area contributed by atoms with E-state index in [0.717, 1.165) is 12.0 Å². The largest absolute Gasteiger partial charge is 0.392 e. The van der Waals surface area contributed by atoms with Gasteiger partial charge in [0.1, 0.15) is 0 Å². The van der Waals surface area contributed by atoms with Crippen molar-refractivity contribution in [1.82, 2.24) is 0 Å². The quantitative estimate of drug-likeness (QED) is 0.875. The van der Waals surface area contributed by atoms with Gasteiger partial charge in [0, 0.05) is 12.8 Å². The number of hydrogen-bond donors (Lipinski definition) is 1. The molecule has 1 nitrogen and oxygen atoms in total. The van der Waals surface area contributed by atoms with Gasteiger partial charge in [0.25, 0.3) is 0 Å². The summed E-state index contributed by atoms with van der Waals surface area (Å²) in [6.07, 6.45) is 1.78. The van der Waals surface area contributed by atoms with Gasteiger partial charge in [0.2, 0.25) is 5.92 Å². The van der Waals surface area contributed by atoms with Crippen LogP contribution in [0.15, 0.2) is 24.3 Å². The lowest BCUT2D eigenvalue weighted by Gasteiger charge is -2.31. The van der Waals surface area contributed by atoms with Crippen molar-refractivity contribution in [1.29, 1.82) is 0 Å². The average Bonchev–Trinajstić information content (AvgIpc) is 2.39. The predicted octanol–water partition coefficient (Wildman–Crippen LogP) is 3.98. The molecule has 2 rings (SSSR count). The van der Waals surface area contributed by atoms with Crippen LogP contribution in [0.1, 0.15) is 43.7 Å². The lowest BCUT2D eigenvalue weighted by atomic mass is 9.81. The third-order valence-corrected chi connectivity index (χ3v) is 4.18. The molecule has 0 amide bonds. The SMILES string of the molecule is CCc1ccc(CC(O)C2CCC(F)(F)CC2)cc1. The Morgan fingerprint density at radius 2 is 1.68 bits per heavy atom. The summed E-state index contributed by atoms with van der Waals surface area (Å²) in [7, 11) is 0. The fourth-order valence-corrected chi connectivity index (χ4v) is 2.77. The van der Waals surface area contributed by atoms with Gasteiger partial charge in [0.15, 0.2) is 0 Å². The Kier molecular flexibility index (Phi) is 4.56. The van der Waals surface area contributed by atoms with Crippen molar-refractivity contribution in [3.8, 4) is 0 Å². The smallest absolute Gasteiger partial charge is 0.248 e. The molecule has 0 bridgehead atoms. The summed E-state index contributed by atoms with van der Waals surface area (Å²) < 4.78 is 26.1. The second-order valence-corrected chi connectivity index (χ2v) is 5.63. The minimum absolute atomic E-state index is 0.0190. The lowest BCUT2D eigenvalue weighted by Crippen LogP contribution is -2.32. The maximum atomic E-state index is 13.1. The van der Waals surface area contributed by atoms with Crippen molar-refractivity contribution in [3.05, 3.63) is 35.4 Å². The highest BCUT2D eigenvalue weighted by atomic mass is 19.3. The molecular formula is C16H22F2O.